The van der Waals surface area contributed by atoms with Crippen molar-refractivity contribution in [2.45, 2.75) is 19.9 Å². The third-order valence-corrected chi connectivity index (χ3v) is 4.02. The van der Waals surface area contributed by atoms with Gasteiger partial charge in [0.05, 0.1) is 12.1 Å². The summed E-state index contributed by atoms with van der Waals surface area (Å²) >= 11 is 0. The van der Waals surface area contributed by atoms with E-state index in [1.807, 2.05) is 73.7 Å². The highest BCUT2D eigenvalue weighted by Gasteiger charge is 2.13. The molecule has 1 heterocycles. The fourth-order valence-electron chi connectivity index (χ4n) is 2.83. The molecule has 1 aromatic heterocycles. The van der Waals surface area contributed by atoms with Gasteiger partial charge in [-0.3, -0.25) is 9.79 Å². The van der Waals surface area contributed by atoms with Crippen molar-refractivity contribution in [3.05, 3.63) is 105 Å². The van der Waals surface area contributed by atoms with E-state index in [1.54, 1.807) is 0 Å². The Bertz CT molecular complexity index is 934. The summed E-state index contributed by atoms with van der Waals surface area (Å²) in [6.07, 6.45) is 0.641. The number of aliphatic imine (C=N–C) groups is 1. The van der Waals surface area contributed by atoms with Gasteiger partial charge in [-0.05, 0) is 36.1 Å². The lowest BCUT2D eigenvalue weighted by molar-refractivity contribution is 1.04. The lowest BCUT2D eigenvalue weighted by Crippen LogP contribution is -2.27. The summed E-state index contributed by atoms with van der Waals surface area (Å²) in [5.41, 5.74) is 10.3. The van der Waals surface area contributed by atoms with Gasteiger partial charge in [0.15, 0.2) is 0 Å². The molecule has 5 heteroatoms. The van der Waals surface area contributed by atoms with Crippen molar-refractivity contribution < 1.29 is 0 Å². The monoisotopic (exact) mass is 367 g/mol. The molecule has 0 unspecified atom stereocenters. The van der Waals surface area contributed by atoms with Gasteiger partial charge in [-0.2, -0.15) is 0 Å². The first-order valence-corrected chi connectivity index (χ1v) is 8.24. The van der Waals surface area contributed by atoms with Crippen LogP contribution < -0.4 is 11.3 Å². The number of aromatic nitrogens is 1. The van der Waals surface area contributed by atoms with Crippen molar-refractivity contribution in [2.24, 2.45) is 10.7 Å². The number of hydrogen-bond donors (Lipinski definition) is 2. The fraction of sp³-hybridized carbons (Fsp3) is 0.143. The highest BCUT2D eigenvalue weighted by Crippen LogP contribution is 2.13. The lowest BCUT2D eigenvalue weighted by Gasteiger charge is -2.10. The highest BCUT2D eigenvalue weighted by atomic mass is 35.5. The van der Waals surface area contributed by atoms with Gasteiger partial charge >= 0.3 is 0 Å². The Morgan fingerprint density at radius 3 is 2.19 bits per heavy atom. The van der Waals surface area contributed by atoms with Crippen LogP contribution in [0.5, 0.6) is 0 Å². The minimum absolute atomic E-state index is 0. The first-order chi connectivity index (χ1) is 12.1. The van der Waals surface area contributed by atoms with E-state index in [1.165, 1.54) is 0 Å². The van der Waals surface area contributed by atoms with Crippen LogP contribution in [0.25, 0.3) is 0 Å². The van der Waals surface area contributed by atoms with E-state index in [0.29, 0.717) is 18.5 Å². The molecule has 134 valence electrons. The number of halogens is 1. The molecule has 3 N–H and O–H groups in total. The maximum absolute atomic E-state index is 12.5. The van der Waals surface area contributed by atoms with E-state index in [2.05, 4.69) is 9.98 Å². The average molecular weight is 368 g/mol. The SMILES string of the molecule is Cc1cc(Cc2ccccc2)c(C(N)=NCc2ccccc2)c(=O)[nH]1.Cl. The molecule has 2 aromatic carbocycles. The number of nitrogens with one attached hydrogen (secondary N) is 1. The van der Waals surface area contributed by atoms with Crippen LogP contribution in [0.1, 0.15) is 27.9 Å². The Hall–Kier alpha value is -2.85. The molecule has 3 aromatic rings. The maximum Gasteiger partial charge on any atom is 0.259 e. The maximum atomic E-state index is 12.5. The van der Waals surface area contributed by atoms with Crippen molar-refractivity contribution >= 4 is 18.2 Å². The van der Waals surface area contributed by atoms with E-state index in [0.717, 1.165) is 22.4 Å². The molecule has 4 nitrogen and oxygen atoms in total. The zero-order valence-corrected chi connectivity index (χ0v) is 15.4. The molecule has 0 bridgehead atoms. The average Bonchev–Trinajstić information content (AvgIpc) is 2.61. The minimum atomic E-state index is -0.194. The number of nitrogens with two attached hydrogens (primary N) is 1. The smallest absolute Gasteiger partial charge is 0.259 e. The first kappa shape index (κ1) is 19.5. The summed E-state index contributed by atoms with van der Waals surface area (Å²) in [6.45, 7) is 2.32. The Morgan fingerprint density at radius 1 is 1.00 bits per heavy atom. The number of aryl methyl sites for hydroxylation is 1. The van der Waals surface area contributed by atoms with Gasteiger partial charge in [-0.15, -0.1) is 12.4 Å². The number of H-pyrrole nitrogens is 1. The largest absolute Gasteiger partial charge is 0.383 e. The number of rotatable bonds is 5. The normalized spacial score (nSPS) is 11.0. The molecule has 0 spiro atoms. The van der Waals surface area contributed by atoms with Crippen LogP contribution in [-0.2, 0) is 13.0 Å². The molecular formula is C21H22ClN3O. The molecular weight excluding hydrogens is 346 g/mol. The summed E-state index contributed by atoms with van der Waals surface area (Å²) < 4.78 is 0. The van der Waals surface area contributed by atoms with Crippen LogP contribution in [0.15, 0.2) is 76.5 Å². The van der Waals surface area contributed by atoms with Gasteiger partial charge in [-0.1, -0.05) is 60.7 Å². The van der Waals surface area contributed by atoms with Gasteiger partial charge in [0, 0.05) is 5.69 Å². The topological polar surface area (TPSA) is 71.2 Å². The highest BCUT2D eigenvalue weighted by molar-refractivity contribution is 5.98. The summed E-state index contributed by atoms with van der Waals surface area (Å²) in [6, 6.07) is 21.8. The Labute approximate surface area is 159 Å². The zero-order valence-electron chi connectivity index (χ0n) is 14.6. The number of hydrogen-bond acceptors (Lipinski definition) is 2. The number of benzene rings is 2. The van der Waals surface area contributed by atoms with E-state index in [-0.39, 0.29) is 23.8 Å². The standard InChI is InChI=1S/C21H21N3O.ClH/c1-15-12-18(13-16-8-4-2-5-9-16)19(21(25)24-15)20(22)23-14-17-10-6-3-7-11-17;/h2-12H,13-14H2,1H3,(H2,22,23)(H,24,25);1H. The molecule has 0 amide bonds. The van der Waals surface area contributed by atoms with E-state index < -0.39 is 0 Å². The zero-order chi connectivity index (χ0) is 17.6. The van der Waals surface area contributed by atoms with Crippen molar-refractivity contribution in [2.75, 3.05) is 0 Å². The molecule has 0 atom stereocenters. The third kappa shape index (κ3) is 4.83. The quantitative estimate of drug-likeness (QED) is 0.534. The fourth-order valence-corrected chi connectivity index (χ4v) is 2.83. The molecule has 0 saturated heterocycles. The number of nitrogens with zero attached hydrogens (tertiary/aromatic N) is 1. The van der Waals surface area contributed by atoms with Crippen LogP contribution in [0.4, 0.5) is 0 Å². The summed E-state index contributed by atoms with van der Waals surface area (Å²) in [4.78, 5) is 19.7. The van der Waals surface area contributed by atoms with Gasteiger partial charge in [0.1, 0.15) is 5.84 Å². The van der Waals surface area contributed by atoms with Gasteiger partial charge in [0.2, 0.25) is 0 Å². The predicted molar refractivity (Wildman–Crippen MR) is 109 cm³/mol. The lowest BCUT2D eigenvalue weighted by atomic mass is 10.00. The molecule has 0 saturated carbocycles. The first-order valence-electron chi connectivity index (χ1n) is 8.24. The van der Waals surface area contributed by atoms with Crippen LogP contribution in [0.3, 0.4) is 0 Å². The van der Waals surface area contributed by atoms with Crippen molar-refractivity contribution in [3.8, 4) is 0 Å². The molecule has 0 fully saturated rings. The second kappa shape index (κ2) is 9.02. The van der Waals surface area contributed by atoms with Crippen LogP contribution >= 0.6 is 12.4 Å². The summed E-state index contributed by atoms with van der Waals surface area (Å²) in [7, 11) is 0. The van der Waals surface area contributed by atoms with Crippen molar-refractivity contribution in [3.63, 3.8) is 0 Å². The molecule has 0 aliphatic rings. The number of aromatic amines is 1. The Balaban J connectivity index is 0.00000243. The predicted octanol–water partition coefficient (Wildman–Crippen LogP) is 3.60. The molecule has 0 aliphatic heterocycles. The summed E-state index contributed by atoms with van der Waals surface area (Å²) in [5.74, 6) is 0.274. The van der Waals surface area contributed by atoms with Crippen molar-refractivity contribution in [1.82, 2.24) is 4.98 Å². The van der Waals surface area contributed by atoms with Crippen LogP contribution in [0.2, 0.25) is 0 Å². The van der Waals surface area contributed by atoms with Gasteiger partial charge in [0.25, 0.3) is 5.56 Å². The second-order valence-electron chi connectivity index (χ2n) is 6.03. The van der Waals surface area contributed by atoms with Crippen molar-refractivity contribution in [1.29, 1.82) is 0 Å². The van der Waals surface area contributed by atoms with Gasteiger partial charge < -0.3 is 10.7 Å². The summed E-state index contributed by atoms with van der Waals surface area (Å²) in [5, 5.41) is 0. The molecule has 3 rings (SSSR count). The van der Waals surface area contributed by atoms with E-state index >= 15 is 0 Å². The molecule has 26 heavy (non-hydrogen) atoms. The van der Waals surface area contributed by atoms with Crippen LogP contribution in [0, 0.1) is 6.92 Å². The third-order valence-electron chi connectivity index (χ3n) is 4.02. The van der Waals surface area contributed by atoms with E-state index in [4.69, 9.17) is 5.73 Å². The molecule has 0 radical (unpaired) electrons. The Kier molecular flexibility index (Phi) is 6.75. The van der Waals surface area contributed by atoms with E-state index in [9.17, 15) is 4.79 Å². The molecule has 0 aliphatic carbocycles. The number of amidine groups is 1. The van der Waals surface area contributed by atoms with Crippen LogP contribution in [-0.4, -0.2) is 10.8 Å². The number of pyridine rings is 1. The van der Waals surface area contributed by atoms with Gasteiger partial charge in [-0.25, -0.2) is 0 Å². The minimum Gasteiger partial charge on any atom is -0.383 e. The Morgan fingerprint density at radius 2 is 1.58 bits per heavy atom. The second-order valence-corrected chi connectivity index (χ2v) is 6.03.